The van der Waals surface area contributed by atoms with Crippen LogP contribution in [0.15, 0.2) is 96.7 Å². The first kappa shape index (κ1) is 22.3. The van der Waals surface area contributed by atoms with Crippen LogP contribution in [0.5, 0.6) is 0 Å². The van der Waals surface area contributed by atoms with Gasteiger partial charge in [-0.2, -0.15) is 4.57 Å². The van der Waals surface area contributed by atoms with Gasteiger partial charge in [-0.05, 0) is 29.8 Å². The molecule has 3 aromatic carbocycles. The zero-order valence-corrected chi connectivity index (χ0v) is 19.2. The Morgan fingerprint density at radius 2 is 1.65 bits per heavy atom. The van der Waals surface area contributed by atoms with Crippen LogP contribution in [0.2, 0.25) is 10.0 Å². The molecule has 168 valence electrons. The highest BCUT2D eigenvalue weighted by Gasteiger charge is 2.59. The number of hydrogen-bond donors (Lipinski definition) is 1. The van der Waals surface area contributed by atoms with Gasteiger partial charge in [-0.25, -0.2) is 4.79 Å². The molecule has 7 heteroatoms. The molecule has 0 radical (unpaired) electrons. The third kappa shape index (κ3) is 3.60. The monoisotopic (exact) mass is 488 g/mol. The average molecular weight is 489 g/mol. The number of hydrogen-bond acceptors (Lipinski definition) is 3. The molecule has 0 saturated carbocycles. The van der Waals surface area contributed by atoms with Crippen LogP contribution in [-0.2, 0) is 15.3 Å². The zero-order chi connectivity index (χ0) is 23.9. The second-order valence-electron chi connectivity index (χ2n) is 8.05. The number of aliphatic hydroxyl groups is 1. The van der Waals surface area contributed by atoms with Gasteiger partial charge in [0.1, 0.15) is 0 Å². The number of para-hydroxylation sites is 1. The number of esters is 1. The van der Waals surface area contributed by atoms with E-state index in [1.807, 2.05) is 46.8 Å². The Balaban J connectivity index is 1.86. The highest BCUT2D eigenvalue weighted by molar-refractivity contribution is 6.42. The van der Waals surface area contributed by atoms with Crippen molar-refractivity contribution in [2.45, 2.75) is 17.7 Å². The number of cyclic esters (lactones) is 1. The van der Waals surface area contributed by atoms with Gasteiger partial charge in [0.2, 0.25) is 11.6 Å². The van der Waals surface area contributed by atoms with E-state index in [0.29, 0.717) is 16.1 Å². The van der Waals surface area contributed by atoms with Crippen LogP contribution >= 0.6 is 23.2 Å². The first-order valence-electron chi connectivity index (χ1n) is 10.6. The molecule has 34 heavy (non-hydrogen) atoms. The van der Waals surface area contributed by atoms with Gasteiger partial charge in [0.15, 0.2) is 6.20 Å². The molecule has 1 aromatic heterocycles. The van der Waals surface area contributed by atoms with Gasteiger partial charge in [0.25, 0.3) is 0 Å². The van der Waals surface area contributed by atoms with Crippen molar-refractivity contribution in [3.63, 3.8) is 0 Å². The molecule has 4 aromatic rings. The molecule has 5 nitrogen and oxygen atoms in total. The van der Waals surface area contributed by atoms with Crippen LogP contribution in [0.4, 0.5) is 0 Å². The molecule has 0 amide bonds. The molecule has 3 unspecified atom stereocenters. The van der Waals surface area contributed by atoms with Crippen LogP contribution in [0.3, 0.4) is 0 Å². The second-order valence-corrected chi connectivity index (χ2v) is 8.86. The number of nitrogens with zero attached hydrogens (tertiary/aromatic N) is 2. The number of halogens is 2. The summed E-state index contributed by atoms with van der Waals surface area (Å²) in [6.45, 7) is 0. The highest BCUT2D eigenvalue weighted by Crippen LogP contribution is 2.49. The summed E-state index contributed by atoms with van der Waals surface area (Å²) < 4.78 is 7.51. The predicted octanol–water partition coefficient (Wildman–Crippen LogP) is 5.33. The third-order valence-corrected chi connectivity index (χ3v) is 6.88. The zero-order valence-electron chi connectivity index (χ0n) is 17.7. The SMILES string of the molecule is [N-]=C=C1C(=O)OC(O)(c2ccccc2)C([n+]2cccc3ccccc32)C1c1ccc(Cl)c(Cl)c1. The second kappa shape index (κ2) is 8.71. The maximum absolute atomic E-state index is 13.1. The van der Waals surface area contributed by atoms with Crippen molar-refractivity contribution in [3.05, 3.63) is 123 Å². The topological polar surface area (TPSA) is 72.7 Å². The molecule has 1 N–H and O–H groups in total. The van der Waals surface area contributed by atoms with Gasteiger partial charge in [-0.1, -0.05) is 71.7 Å². The third-order valence-electron chi connectivity index (χ3n) is 6.14. The molecule has 2 heterocycles. The first-order chi connectivity index (χ1) is 16.4. The Morgan fingerprint density at radius 3 is 2.38 bits per heavy atom. The molecular weight excluding hydrogens is 471 g/mol. The molecular formula is C27H18Cl2N2O3. The number of pyridine rings is 1. The Bertz CT molecular complexity index is 1460. The molecule has 1 aliphatic rings. The van der Waals surface area contributed by atoms with Crippen molar-refractivity contribution in [2.24, 2.45) is 0 Å². The van der Waals surface area contributed by atoms with Gasteiger partial charge >= 0.3 is 11.8 Å². The molecule has 5 rings (SSSR count). The smallest absolute Gasteiger partial charge is 0.343 e. The fourth-order valence-electron chi connectivity index (χ4n) is 4.62. The number of carbonyl (C=O) groups excluding carboxylic acids is 1. The van der Waals surface area contributed by atoms with Crippen molar-refractivity contribution >= 4 is 45.9 Å². The van der Waals surface area contributed by atoms with Crippen molar-refractivity contribution < 1.29 is 19.2 Å². The van der Waals surface area contributed by atoms with E-state index in [1.54, 1.807) is 54.7 Å². The summed E-state index contributed by atoms with van der Waals surface area (Å²) in [6, 6.07) is 24.2. The lowest BCUT2D eigenvalue weighted by molar-refractivity contribution is -0.730. The molecule has 0 spiro atoms. The Morgan fingerprint density at radius 1 is 0.941 bits per heavy atom. The van der Waals surface area contributed by atoms with Gasteiger partial charge < -0.3 is 15.3 Å². The predicted molar refractivity (Wildman–Crippen MR) is 131 cm³/mol. The minimum absolute atomic E-state index is 0.135. The average Bonchev–Trinajstić information content (AvgIpc) is 2.86. The fourth-order valence-corrected chi connectivity index (χ4v) is 4.93. The van der Waals surface area contributed by atoms with Gasteiger partial charge in [-0.3, -0.25) is 5.87 Å². The first-order valence-corrected chi connectivity index (χ1v) is 11.3. The van der Waals surface area contributed by atoms with Crippen molar-refractivity contribution in [2.75, 3.05) is 0 Å². The highest BCUT2D eigenvalue weighted by atomic mass is 35.5. The molecule has 0 bridgehead atoms. The minimum atomic E-state index is -2.08. The number of aromatic nitrogens is 1. The standard InChI is InChI=1S/C27H18Cl2N2O3/c28-21-13-12-18(15-22(21)29)24-20(16-30)26(32)34-27(33,19-9-2-1-3-10-19)25(24)31-14-6-8-17-7-4-5-11-23(17)31/h1-15,24-25,33H. The lowest BCUT2D eigenvalue weighted by atomic mass is 9.76. The summed E-state index contributed by atoms with van der Waals surface area (Å²) in [5.74, 6) is -1.82. The lowest BCUT2D eigenvalue weighted by Gasteiger charge is -2.41. The van der Waals surface area contributed by atoms with Gasteiger partial charge in [-0.15, -0.1) is 0 Å². The van der Waals surface area contributed by atoms with E-state index in [2.05, 4.69) is 0 Å². The van der Waals surface area contributed by atoms with E-state index >= 15 is 0 Å². The van der Waals surface area contributed by atoms with Crippen LogP contribution < -0.4 is 4.57 Å². The van der Waals surface area contributed by atoms with Crippen molar-refractivity contribution in [1.29, 1.82) is 0 Å². The van der Waals surface area contributed by atoms with Crippen LogP contribution in [-0.4, -0.2) is 16.9 Å². The van der Waals surface area contributed by atoms with E-state index in [-0.39, 0.29) is 10.6 Å². The summed E-state index contributed by atoms with van der Waals surface area (Å²) in [5, 5.41) is 23.6. The molecule has 1 aliphatic heterocycles. The van der Waals surface area contributed by atoms with Crippen molar-refractivity contribution in [1.82, 2.24) is 0 Å². The normalized spacial score (nSPS) is 22.3. The molecule has 0 aliphatic carbocycles. The Labute approximate surface area is 206 Å². The molecule has 1 saturated heterocycles. The van der Waals surface area contributed by atoms with Gasteiger partial charge in [0.05, 0.1) is 21.5 Å². The number of ether oxygens (including phenoxy) is 1. The summed E-state index contributed by atoms with van der Waals surface area (Å²) in [4.78, 5) is 13.1. The lowest BCUT2D eigenvalue weighted by Crippen LogP contribution is -2.59. The summed E-state index contributed by atoms with van der Waals surface area (Å²) in [7, 11) is 0. The van der Waals surface area contributed by atoms with Crippen LogP contribution in [0.1, 0.15) is 23.1 Å². The quantitative estimate of drug-likeness (QED) is 0.183. The number of benzene rings is 3. The summed E-state index contributed by atoms with van der Waals surface area (Å²) in [6.07, 6.45) is 1.81. The summed E-state index contributed by atoms with van der Waals surface area (Å²) in [5.41, 5.74) is 1.60. The van der Waals surface area contributed by atoms with Crippen molar-refractivity contribution in [3.8, 4) is 0 Å². The minimum Gasteiger partial charge on any atom is -0.763 e. The molecule has 1 fully saturated rings. The number of rotatable bonds is 3. The Hall–Kier alpha value is -3.47. The maximum atomic E-state index is 13.1. The fraction of sp³-hybridized carbons (Fsp3) is 0.111. The summed E-state index contributed by atoms with van der Waals surface area (Å²) >= 11 is 12.5. The maximum Gasteiger partial charge on any atom is 0.343 e. The van der Waals surface area contributed by atoms with E-state index in [4.69, 9.17) is 27.9 Å². The molecule has 3 atom stereocenters. The number of carbonyl (C=O) groups is 1. The van der Waals surface area contributed by atoms with Crippen LogP contribution in [0, 0.1) is 0 Å². The largest absolute Gasteiger partial charge is 0.763 e. The van der Waals surface area contributed by atoms with Gasteiger partial charge in [0, 0.05) is 23.1 Å². The Kier molecular flexibility index (Phi) is 5.72. The van der Waals surface area contributed by atoms with E-state index in [9.17, 15) is 15.3 Å². The van der Waals surface area contributed by atoms with E-state index < -0.39 is 23.7 Å². The van der Waals surface area contributed by atoms with E-state index in [1.165, 1.54) is 0 Å². The van der Waals surface area contributed by atoms with E-state index in [0.717, 1.165) is 10.9 Å². The number of fused-ring (bicyclic) bond motifs is 1. The van der Waals surface area contributed by atoms with Crippen LogP contribution in [0.25, 0.3) is 16.3 Å².